The molecule has 2 rings (SSSR count). The van der Waals surface area contributed by atoms with Crippen LogP contribution in [0.5, 0.6) is 0 Å². The Kier molecular flexibility index (Phi) is 3.49. The number of carbonyl (C=O) groups excluding carboxylic acids is 1. The van der Waals surface area contributed by atoms with Gasteiger partial charge in [-0.2, -0.15) is 0 Å². The van der Waals surface area contributed by atoms with Crippen LogP contribution in [0.3, 0.4) is 0 Å². The number of hydrogen-bond donors (Lipinski definition) is 3. The van der Waals surface area contributed by atoms with Crippen molar-refractivity contribution in [1.82, 2.24) is 9.97 Å². The summed E-state index contributed by atoms with van der Waals surface area (Å²) in [6.07, 6.45) is 3.15. The Morgan fingerprint density at radius 1 is 1.17 bits per heavy atom. The van der Waals surface area contributed by atoms with E-state index in [1.807, 2.05) is 6.92 Å². The first kappa shape index (κ1) is 12.0. The molecule has 0 aliphatic carbocycles. The third-order valence-electron chi connectivity index (χ3n) is 2.31. The average molecular weight is 243 g/mol. The minimum Gasteiger partial charge on any atom is -0.324 e. The number of aryl methyl sites for hydroxylation is 1. The molecule has 0 aliphatic rings. The van der Waals surface area contributed by atoms with E-state index in [0.29, 0.717) is 17.1 Å². The molecule has 2 aromatic heterocycles. The normalized spacial score (nSPS) is 9.89. The van der Waals surface area contributed by atoms with Gasteiger partial charge in [0, 0.05) is 23.8 Å². The monoisotopic (exact) mass is 243 g/mol. The Morgan fingerprint density at radius 2 is 1.89 bits per heavy atom. The first-order valence-corrected chi connectivity index (χ1v) is 5.36. The fourth-order valence-electron chi connectivity index (χ4n) is 1.46. The molecule has 6 heteroatoms. The first-order valence-electron chi connectivity index (χ1n) is 5.36. The number of nitrogens with zero attached hydrogens (tertiary/aromatic N) is 2. The van der Waals surface area contributed by atoms with Crippen molar-refractivity contribution in [2.75, 3.05) is 10.7 Å². The zero-order valence-electron chi connectivity index (χ0n) is 9.84. The van der Waals surface area contributed by atoms with Gasteiger partial charge >= 0.3 is 0 Å². The topological polar surface area (TPSA) is 92.9 Å². The summed E-state index contributed by atoms with van der Waals surface area (Å²) < 4.78 is 0. The summed E-state index contributed by atoms with van der Waals surface area (Å²) in [5, 5.41) is 2.74. The predicted molar refractivity (Wildman–Crippen MR) is 69.0 cm³/mol. The largest absolute Gasteiger partial charge is 0.324 e. The fraction of sp³-hybridized carbons (Fsp3) is 0.0833. The number of nitrogens with two attached hydrogens (primary N) is 1. The Hall–Kier alpha value is -2.47. The molecule has 0 aliphatic heterocycles. The third-order valence-corrected chi connectivity index (χ3v) is 2.31. The Balaban J connectivity index is 2.16. The minimum absolute atomic E-state index is 0.292. The van der Waals surface area contributed by atoms with Gasteiger partial charge < -0.3 is 10.7 Å². The maximum Gasteiger partial charge on any atom is 0.274 e. The number of rotatable bonds is 3. The number of anilines is 2. The summed E-state index contributed by atoms with van der Waals surface area (Å²) in [6.45, 7) is 1.85. The van der Waals surface area contributed by atoms with Crippen molar-refractivity contribution >= 4 is 17.3 Å². The van der Waals surface area contributed by atoms with Crippen molar-refractivity contribution in [3.63, 3.8) is 0 Å². The van der Waals surface area contributed by atoms with Crippen LogP contribution in [0, 0.1) is 6.92 Å². The van der Waals surface area contributed by atoms with Gasteiger partial charge in [0.25, 0.3) is 5.91 Å². The molecule has 0 saturated heterocycles. The highest BCUT2D eigenvalue weighted by Gasteiger charge is 2.08. The van der Waals surface area contributed by atoms with Crippen LogP contribution in [-0.4, -0.2) is 15.9 Å². The van der Waals surface area contributed by atoms with Gasteiger partial charge in [-0.1, -0.05) is 0 Å². The van der Waals surface area contributed by atoms with Gasteiger partial charge in [-0.15, -0.1) is 0 Å². The number of hydrazine groups is 1. The molecule has 0 saturated carbocycles. The van der Waals surface area contributed by atoms with Crippen molar-refractivity contribution in [2.24, 2.45) is 5.84 Å². The summed E-state index contributed by atoms with van der Waals surface area (Å²) >= 11 is 0. The van der Waals surface area contributed by atoms with Gasteiger partial charge in [-0.3, -0.25) is 20.6 Å². The fourth-order valence-corrected chi connectivity index (χ4v) is 1.46. The van der Waals surface area contributed by atoms with Crippen LogP contribution in [0.25, 0.3) is 0 Å². The third kappa shape index (κ3) is 2.80. The molecular formula is C12H13N5O. The van der Waals surface area contributed by atoms with E-state index in [1.54, 1.807) is 30.5 Å². The van der Waals surface area contributed by atoms with Crippen LogP contribution in [0.1, 0.15) is 16.2 Å². The van der Waals surface area contributed by atoms with Crippen LogP contribution in [0.4, 0.5) is 11.4 Å². The minimum atomic E-state index is -0.294. The predicted octanol–water partition coefficient (Wildman–Crippen LogP) is 1.32. The highest BCUT2D eigenvalue weighted by molar-refractivity contribution is 6.03. The van der Waals surface area contributed by atoms with E-state index in [2.05, 4.69) is 20.7 Å². The maximum atomic E-state index is 11.9. The number of carbonyl (C=O) groups is 1. The molecule has 0 spiro atoms. The second kappa shape index (κ2) is 5.24. The lowest BCUT2D eigenvalue weighted by Crippen LogP contribution is -2.15. The summed E-state index contributed by atoms with van der Waals surface area (Å²) in [4.78, 5) is 20.0. The van der Waals surface area contributed by atoms with Crippen molar-refractivity contribution < 1.29 is 4.79 Å². The van der Waals surface area contributed by atoms with Crippen LogP contribution < -0.4 is 16.6 Å². The van der Waals surface area contributed by atoms with E-state index in [0.717, 1.165) is 5.69 Å². The van der Waals surface area contributed by atoms with Crippen molar-refractivity contribution in [1.29, 1.82) is 0 Å². The average Bonchev–Trinajstić information content (AvgIpc) is 2.39. The second-order valence-corrected chi connectivity index (χ2v) is 3.71. The van der Waals surface area contributed by atoms with Gasteiger partial charge in [0.05, 0.1) is 5.69 Å². The Morgan fingerprint density at radius 3 is 2.61 bits per heavy atom. The van der Waals surface area contributed by atoms with Gasteiger partial charge in [0.2, 0.25) is 0 Å². The second-order valence-electron chi connectivity index (χ2n) is 3.71. The molecule has 0 atom stereocenters. The van der Waals surface area contributed by atoms with E-state index >= 15 is 0 Å². The van der Waals surface area contributed by atoms with Crippen LogP contribution in [0.2, 0.25) is 0 Å². The van der Waals surface area contributed by atoms with Crippen LogP contribution >= 0.6 is 0 Å². The van der Waals surface area contributed by atoms with Gasteiger partial charge in [0.1, 0.15) is 5.69 Å². The quantitative estimate of drug-likeness (QED) is 0.558. The molecule has 4 N–H and O–H groups in total. The summed E-state index contributed by atoms with van der Waals surface area (Å²) in [5.41, 5.74) is 4.90. The number of nitrogen functional groups attached to an aromatic ring is 1. The molecule has 0 bridgehead atoms. The van der Waals surface area contributed by atoms with Crippen molar-refractivity contribution in [3.8, 4) is 0 Å². The molecule has 1 amide bonds. The molecule has 92 valence electrons. The van der Waals surface area contributed by atoms with E-state index < -0.39 is 0 Å². The zero-order valence-corrected chi connectivity index (χ0v) is 9.84. The van der Waals surface area contributed by atoms with E-state index in [1.165, 1.54) is 6.20 Å². The maximum absolute atomic E-state index is 11.9. The van der Waals surface area contributed by atoms with E-state index in [9.17, 15) is 4.79 Å². The van der Waals surface area contributed by atoms with Crippen molar-refractivity contribution in [2.45, 2.75) is 6.92 Å². The summed E-state index contributed by atoms with van der Waals surface area (Å²) in [7, 11) is 0. The highest BCUT2D eigenvalue weighted by Crippen LogP contribution is 2.11. The number of nitrogens with one attached hydrogen (secondary N) is 2. The number of hydrogen-bond acceptors (Lipinski definition) is 5. The molecule has 2 aromatic rings. The van der Waals surface area contributed by atoms with Crippen LogP contribution in [-0.2, 0) is 0 Å². The van der Waals surface area contributed by atoms with Gasteiger partial charge in [-0.05, 0) is 31.2 Å². The smallest absolute Gasteiger partial charge is 0.274 e. The standard InChI is InChI=1S/C12H13N5O/c1-8-6-9(2-4-14-8)16-12(18)11-7-10(17-13)3-5-15-11/h2-7H,13H2,1H3,(H,15,17)(H,14,16,18). The molecule has 0 unspecified atom stereocenters. The lowest BCUT2D eigenvalue weighted by atomic mass is 10.3. The first-order chi connectivity index (χ1) is 8.69. The van der Waals surface area contributed by atoms with Gasteiger partial charge in [-0.25, -0.2) is 0 Å². The molecule has 0 radical (unpaired) electrons. The van der Waals surface area contributed by atoms with E-state index in [4.69, 9.17) is 5.84 Å². The Labute approximate surface area is 104 Å². The van der Waals surface area contributed by atoms with Crippen molar-refractivity contribution in [3.05, 3.63) is 48.0 Å². The summed E-state index contributed by atoms with van der Waals surface area (Å²) in [6, 6.07) is 6.75. The number of pyridine rings is 2. The molecule has 2 heterocycles. The van der Waals surface area contributed by atoms with Gasteiger partial charge in [0.15, 0.2) is 0 Å². The lowest BCUT2D eigenvalue weighted by Gasteiger charge is -2.06. The highest BCUT2D eigenvalue weighted by atomic mass is 16.1. The number of aromatic nitrogens is 2. The zero-order chi connectivity index (χ0) is 13.0. The summed E-state index contributed by atoms with van der Waals surface area (Å²) in [5.74, 6) is 4.98. The Bertz CT molecular complexity index is 570. The molecule has 6 nitrogen and oxygen atoms in total. The SMILES string of the molecule is Cc1cc(NC(=O)c2cc(NN)ccn2)ccn1. The van der Waals surface area contributed by atoms with Crippen LogP contribution in [0.15, 0.2) is 36.7 Å². The molecule has 18 heavy (non-hydrogen) atoms. The lowest BCUT2D eigenvalue weighted by molar-refractivity contribution is 0.102. The molecule has 0 fully saturated rings. The number of amides is 1. The molecular weight excluding hydrogens is 230 g/mol. The molecule has 0 aromatic carbocycles. The van der Waals surface area contributed by atoms with E-state index in [-0.39, 0.29) is 5.91 Å².